The number of hydrogen-bond donors (Lipinski definition) is 1. The van der Waals surface area contributed by atoms with Gasteiger partial charge in [0.05, 0.1) is 19.3 Å². The van der Waals surface area contributed by atoms with Gasteiger partial charge in [-0.15, -0.1) is 0 Å². The summed E-state index contributed by atoms with van der Waals surface area (Å²) in [5.74, 6) is 0.757. The number of likely N-dealkylation sites (tertiary alicyclic amines) is 1. The lowest BCUT2D eigenvalue weighted by molar-refractivity contribution is -0.0325. The minimum atomic E-state index is -0.765. The van der Waals surface area contributed by atoms with E-state index in [1.807, 2.05) is 54.6 Å². The molecular weight excluding hydrogens is 356 g/mol. The molecule has 1 amide bonds. The fourth-order valence-corrected chi connectivity index (χ4v) is 4.02. The lowest BCUT2D eigenvalue weighted by atomic mass is 9.84. The Morgan fingerprint density at radius 1 is 1.11 bits per heavy atom. The zero-order valence-corrected chi connectivity index (χ0v) is 16.1. The lowest BCUT2D eigenvalue weighted by Crippen LogP contribution is -2.45. The Labute approximate surface area is 165 Å². The molecule has 148 valence electrons. The van der Waals surface area contributed by atoms with Crippen LogP contribution >= 0.6 is 0 Å². The van der Waals surface area contributed by atoms with Crippen molar-refractivity contribution >= 4 is 11.8 Å². The van der Waals surface area contributed by atoms with Crippen molar-refractivity contribution in [2.24, 2.45) is 0 Å². The van der Waals surface area contributed by atoms with Crippen LogP contribution in [0, 0.1) is 0 Å². The highest BCUT2D eigenvalue weighted by Crippen LogP contribution is 2.33. The maximum Gasteiger partial charge on any atom is 0.414 e. The van der Waals surface area contributed by atoms with Crippen LogP contribution in [0.25, 0.3) is 0 Å². The van der Waals surface area contributed by atoms with E-state index in [-0.39, 0.29) is 12.2 Å². The van der Waals surface area contributed by atoms with Crippen LogP contribution in [-0.2, 0) is 10.3 Å². The first-order chi connectivity index (χ1) is 13.6. The Kier molecular flexibility index (Phi) is 5.24. The van der Waals surface area contributed by atoms with Crippen LogP contribution < -0.4 is 9.64 Å². The van der Waals surface area contributed by atoms with Gasteiger partial charge < -0.3 is 14.6 Å². The average molecular weight is 382 g/mol. The molecule has 0 radical (unpaired) electrons. The molecule has 28 heavy (non-hydrogen) atoms. The number of nitrogens with zero attached hydrogens (tertiary/aromatic N) is 2. The summed E-state index contributed by atoms with van der Waals surface area (Å²) in [6.07, 6.45) is 0.880. The fraction of sp³-hybridized carbons (Fsp3) is 0.409. The number of anilines is 1. The van der Waals surface area contributed by atoms with Crippen molar-refractivity contribution in [2.45, 2.75) is 24.5 Å². The van der Waals surface area contributed by atoms with Crippen molar-refractivity contribution in [1.82, 2.24) is 4.90 Å². The highest BCUT2D eigenvalue weighted by molar-refractivity contribution is 5.89. The van der Waals surface area contributed by atoms with Crippen LogP contribution in [0.1, 0.15) is 18.4 Å². The molecule has 2 aliphatic heterocycles. The predicted octanol–water partition coefficient (Wildman–Crippen LogP) is 3.00. The van der Waals surface area contributed by atoms with Crippen molar-refractivity contribution in [3.8, 4) is 5.75 Å². The third-order valence-corrected chi connectivity index (χ3v) is 5.71. The summed E-state index contributed by atoms with van der Waals surface area (Å²) >= 11 is 0. The number of ether oxygens (including phenoxy) is 2. The number of cyclic esters (lactones) is 1. The summed E-state index contributed by atoms with van der Waals surface area (Å²) in [7, 11) is 1.62. The Hall–Kier alpha value is -2.57. The molecule has 2 saturated heterocycles. The van der Waals surface area contributed by atoms with Gasteiger partial charge in [0.2, 0.25) is 0 Å². The Morgan fingerprint density at radius 3 is 2.43 bits per heavy atom. The lowest BCUT2D eigenvalue weighted by Gasteiger charge is -2.39. The molecule has 2 aromatic carbocycles. The molecule has 6 heteroatoms. The summed E-state index contributed by atoms with van der Waals surface area (Å²) in [6, 6.07) is 17.3. The number of carbonyl (C=O) groups excluding carboxylic acids is 1. The zero-order chi connectivity index (χ0) is 19.6. The second-order valence-corrected chi connectivity index (χ2v) is 7.51. The van der Waals surface area contributed by atoms with E-state index >= 15 is 0 Å². The minimum absolute atomic E-state index is 0.169. The van der Waals surface area contributed by atoms with Crippen LogP contribution in [0.15, 0.2) is 54.6 Å². The highest BCUT2D eigenvalue weighted by atomic mass is 16.6. The van der Waals surface area contributed by atoms with Crippen LogP contribution in [0.5, 0.6) is 5.75 Å². The first-order valence-electron chi connectivity index (χ1n) is 9.70. The topological polar surface area (TPSA) is 62.2 Å². The van der Waals surface area contributed by atoms with E-state index in [2.05, 4.69) is 4.90 Å². The van der Waals surface area contributed by atoms with E-state index in [0.717, 1.165) is 30.1 Å². The number of hydrogen-bond acceptors (Lipinski definition) is 5. The number of rotatable bonds is 5. The normalized spacial score (nSPS) is 22.1. The summed E-state index contributed by atoms with van der Waals surface area (Å²) in [6.45, 7) is 2.78. The fourth-order valence-electron chi connectivity index (χ4n) is 4.02. The van der Waals surface area contributed by atoms with E-state index in [0.29, 0.717) is 25.9 Å². The summed E-state index contributed by atoms with van der Waals surface area (Å²) in [4.78, 5) is 16.2. The van der Waals surface area contributed by atoms with Gasteiger partial charge in [-0.05, 0) is 42.7 Å². The molecule has 6 nitrogen and oxygen atoms in total. The third-order valence-electron chi connectivity index (χ3n) is 5.71. The maximum atomic E-state index is 12.3. The second kappa shape index (κ2) is 7.81. The van der Waals surface area contributed by atoms with Crippen molar-refractivity contribution < 1.29 is 19.4 Å². The van der Waals surface area contributed by atoms with Gasteiger partial charge in [-0.3, -0.25) is 9.80 Å². The van der Waals surface area contributed by atoms with Gasteiger partial charge in [0.25, 0.3) is 0 Å². The zero-order valence-electron chi connectivity index (χ0n) is 16.1. The monoisotopic (exact) mass is 382 g/mol. The Balaban J connectivity index is 1.33. The van der Waals surface area contributed by atoms with Gasteiger partial charge in [0.1, 0.15) is 11.9 Å². The number of benzene rings is 2. The standard InChI is InChI=1S/C22H26N2O4/c1-27-19-9-7-18(8-10-19)24-16-20(28-21(24)25)15-23-13-11-22(26,12-14-23)17-5-3-2-4-6-17/h2-10,20,26H,11-16H2,1H3/t20-/m1/s1. The third kappa shape index (κ3) is 3.84. The molecule has 0 unspecified atom stereocenters. The van der Waals surface area contributed by atoms with Crippen LogP contribution in [-0.4, -0.2) is 55.5 Å². The van der Waals surface area contributed by atoms with Crippen molar-refractivity contribution in [2.75, 3.05) is 38.2 Å². The van der Waals surface area contributed by atoms with Crippen molar-refractivity contribution in [1.29, 1.82) is 0 Å². The smallest absolute Gasteiger partial charge is 0.414 e. The Morgan fingerprint density at radius 2 is 1.79 bits per heavy atom. The van der Waals surface area contributed by atoms with Crippen LogP contribution in [0.3, 0.4) is 0 Å². The van der Waals surface area contributed by atoms with E-state index in [1.165, 1.54) is 0 Å². The molecule has 0 saturated carbocycles. The van der Waals surface area contributed by atoms with Gasteiger partial charge in [-0.25, -0.2) is 4.79 Å². The molecule has 1 N–H and O–H groups in total. The van der Waals surface area contributed by atoms with Gasteiger partial charge in [0, 0.05) is 25.3 Å². The molecule has 2 heterocycles. The SMILES string of the molecule is COc1ccc(N2C[C@@H](CN3CCC(O)(c4ccccc4)CC3)OC2=O)cc1. The van der Waals surface area contributed by atoms with E-state index in [1.54, 1.807) is 12.0 Å². The van der Waals surface area contributed by atoms with E-state index in [9.17, 15) is 9.90 Å². The molecular formula is C22H26N2O4. The maximum absolute atomic E-state index is 12.3. The minimum Gasteiger partial charge on any atom is -0.497 e. The molecule has 1 atom stereocenters. The first kappa shape index (κ1) is 18.8. The van der Waals surface area contributed by atoms with E-state index in [4.69, 9.17) is 9.47 Å². The molecule has 0 bridgehead atoms. The van der Waals surface area contributed by atoms with Gasteiger partial charge >= 0.3 is 6.09 Å². The quantitative estimate of drug-likeness (QED) is 0.861. The Bertz CT molecular complexity index is 801. The van der Waals surface area contributed by atoms with Crippen LogP contribution in [0.2, 0.25) is 0 Å². The second-order valence-electron chi connectivity index (χ2n) is 7.51. The van der Waals surface area contributed by atoms with Crippen molar-refractivity contribution in [3.05, 3.63) is 60.2 Å². The predicted molar refractivity (Wildman–Crippen MR) is 107 cm³/mol. The van der Waals surface area contributed by atoms with Crippen LogP contribution in [0.4, 0.5) is 10.5 Å². The number of carbonyl (C=O) groups is 1. The number of methoxy groups -OCH3 is 1. The van der Waals surface area contributed by atoms with Gasteiger partial charge in [0.15, 0.2) is 0 Å². The van der Waals surface area contributed by atoms with Gasteiger partial charge in [-0.1, -0.05) is 30.3 Å². The number of piperidine rings is 1. The number of aliphatic hydroxyl groups is 1. The highest BCUT2D eigenvalue weighted by Gasteiger charge is 2.37. The molecule has 2 fully saturated rings. The van der Waals surface area contributed by atoms with Crippen molar-refractivity contribution in [3.63, 3.8) is 0 Å². The molecule has 2 aliphatic rings. The molecule has 0 aromatic heterocycles. The summed E-state index contributed by atoms with van der Waals surface area (Å²) < 4.78 is 10.7. The van der Waals surface area contributed by atoms with Gasteiger partial charge in [-0.2, -0.15) is 0 Å². The molecule has 4 rings (SSSR count). The summed E-state index contributed by atoms with van der Waals surface area (Å²) in [5.41, 5.74) is 1.03. The molecule has 0 spiro atoms. The molecule has 0 aliphatic carbocycles. The average Bonchev–Trinajstić information content (AvgIpc) is 3.10. The number of amides is 1. The first-order valence-corrected chi connectivity index (χ1v) is 9.70. The summed E-state index contributed by atoms with van der Waals surface area (Å²) in [5, 5.41) is 11.0. The largest absolute Gasteiger partial charge is 0.497 e. The molecule has 2 aromatic rings. The van der Waals surface area contributed by atoms with E-state index < -0.39 is 5.60 Å².